The monoisotopic (exact) mass is 412 g/mol. The Morgan fingerprint density at radius 1 is 0.935 bits per heavy atom. The van der Waals surface area contributed by atoms with E-state index >= 15 is 0 Å². The number of hydrogen-bond acceptors (Lipinski definition) is 6. The molecule has 0 spiro atoms. The number of methoxy groups -OCH3 is 1. The molecule has 3 aromatic heterocycles. The summed E-state index contributed by atoms with van der Waals surface area (Å²) >= 11 is 0. The number of pyridine rings is 1. The molecule has 0 fully saturated rings. The summed E-state index contributed by atoms with van der Waals surface area (Å²) in [7, 11) is 1.61. The van der Waals surface area contributed by atoms with Crippen LogP contribution in [-0.2, 0) is 6.42 Å². The van der Waals surface area contributed by atoms with E-state index in [9.17, 15) is 0 Å². The van der Waals surface area contributed by atoms with Crippen molar-refractivity contribution >= 4 is 21.8 Å². The minimum absolute atomic E-state index is 0.460. The van der Waals surface area contributed by atoms with Crippen LogP contribution in [0.4, 0.5) is 0 Å². The Kier molecular flexibility index (Phi) is 5.06. The maximum Gasteiger partial charge on any atom is 0.230 e. The van der Waals surface area contributed by atoms with E-state index in [0.29, 0.717) is 35.3 Å². The second-order valence-corrected chi connectivity index (χ2v) is 6.98. The molecule has 2 aromatic carbocycles. The van der Waals surface area contributed by atoms with Crippen molar-refractivity contribution in [3.05, 3.63) is 79.0 Å². The van der Waals surface area contributed by atoms with Crippen molar-refractivity contribution in [3.8, 4) is 23.1 Å². The Labute approximate surface area is 178 Å². The number of benzene rings is 2. The van der Waals surface area contributed by atoms with Crippen LogP contribution in [-0.4, -0.2) is 33.7 Å². The maximum atomic E-state index is 6.08. The lowest BCUT2D eigenvalue weighted by molar-refractivity contribution is 0.298. The Hall–Kier alpha value is -4.13. The van der Waals surface area contributed by atoms with Gasteiger partial charge in [0, 0.05) is 42.0 Å². The summed E-state index contributed by atoms with van der Waals surface area (Å²) in [6, 6.07) is 15.5. The van der Waals surface area contributed by atoms with E-state index < -0.39 is 0 Å². The third kappa shape index (κ3) is 3.98. The third-order valence-electron chi connectivity index (χ3n) is 5.02. The minimum Gasteiger partial charge on any atom is -0.493 e. The number of aromatic nitrogens is 4. The first-order valence-electron chi connectivity index (χ1n) is 9.89. The van der Waals surface area contributed by atoms with Crippen LogP contribution in [0.25, 0.3) is 21.8 Å². The minimum atomic E-state index is 0.460. The highest BCUT2D eigenvalue weighted by atomic mass is 16.5. The quantitative estimate of drug-likeness (QED) is 0.408. The molecule has 1 N–H and O–H groups in total. The van der Waals surface area contributed by atoms with E-state index in [1.54, 1.807) is 19.5 Å². The SMILES string of the molecule is COc1cc2c(Oc3ccc4[nH]ccc4c3)ncnc2cc1OCCc1ccncc1. The third-order valence-corrected chi connectivity index (χ3v) is 5.02. The summed E-state index contributed by atoms with van der Waals surface area (Å²) < 4.78 is 17.6. The number of hydrogen-bond donors (Lipinski definition) is 1. The zero-order chi connectivity index (χ0) is 21.0. The smallest absolute Gasteiger partial charge is 0.230 e. The molecule has 0 saturated carbocycles. The van der Waals surface area contributed by atoms with Gasteiger partial charge in [-0.05, 0) is 48.0 Å². The molecule has 0 aliphatic carbocycles. The van der Waals surface area contributed by atoms with E-state index in [4.69, 9.17) is 14.2 Å². The second kappa shape index (κ2) is 8.31. The lowest BCUT2D eigenvalue weighted by atomic mass is 10.2. The Bertz CT molecular complexity index is 1340. The van der Waals surface area contributed by atoms with Gasteiger partial charge in [-0.2, -0.15) is 0 Å². The van der Waals surface area contributed by atoms with Crippen molar-refractivity contribution in [2.24, 2.45) is 0 Å². The van der Waals surface area contributed by atoms with Crippen molar-refractivity contribution in [2.75, 3.05) is 13.7 Å². The van der Waals surface area contributed by atoms with E-state index in [0.717, 1.165) is 28.3 Å². The number of H-pyrrole nitrogens is 1. The molecule has 0 aliphatic heterocycles. The lowest BCUT2D eigenvalue weighted by Gasteiger charge is -2.13. The summed E-state index contributed by atoms with van der Waals surface area (Å²) in [4.78, 5) is 15.9. The zero-order valence-electron chi connectivity index (χ0n) is 16.9. The first-order valence-corrected chi connectivity index (χ1v) is 9.89. The topological polar surface area (TPSA) is 82.2 Å². The van der Waals surface area contributed by atoms with E-state index in [-0.39, 0.29) is 0 Å². The van der Waals surface area contributed by atoms with Crippen LogP contribution in [0.1, 0.15) is 5.56 Å². The summed E-state index contributed by atoms with van der Waals surface area (Å²) in [6.45, 7) is 0.511. The van der Waals surface area contributed by atoms with Gasteiger partial charge in [-0.25, -0.2) is 9.97 Å². The summed E-state index contributed by atoms with van der Waals surface area (Å²) in [5.74, 6) is 2.38. The first kappa shape index (κ1) is 18.9. The molecule has 0 unspecified atom stereocenters. The molecule has 0 aliphatic rings. The molecule has 31 heavy (non-hydrogen) atoms. The van der Waals surface area contributed by atoms with Gasteiger partial charge in [0.05, 0.1) is 24.6 Å². The molecule has 5 aromatic rings. The van der Waals surface area contributed by atoms with E-state index in [1.807, 2.05) is 54.7 Å². The Morgan fingerprint density at radius 3 is 2.71 bits per heavy atom. The molecule has 0 bridgehead atoms. The van der Waals surface area contributed by atoms with E-state index in [1.165, 1.54) is 6.33 Å². The number of ether oxygens (including phenoxy) is 3. The highest BCUT2D eigenvalue weighted by Crippen LogP contribution is 2.36. The van der Waals surface area contributed by atoms with Gasteiger partial charge in [-0.15, -0.1) is 0 Å². The number of rotatable bonds is 7. The molecule has 0 atom stereocenters. The average Bonchev–Trinajstić information content (AvgIpc) is 3.27. The number of fused-ring (bicyclic) bond motifs is 2. The summed E-state index contributed by atoms with van der Waals surface area (Å²) in [5, 5.41) is 1.81. The zero-order valence-corrected chi connectivity index (χ0v) is 16.9. The van der Waals surface area contributed by atoms with Crippen LogP contribution < -0.4 is 14.2 Å². The van der Waals surface area contributed by atoms with Gasteiger partial charge in [0.25, 0.3) is 0 Å². The molecular weight excluding hydrogens is 392 g/mol. The van der Waals surface area contributed by atoms with Crippen LogP contribution >= 0.6 is 0 Å². The fourth-order valence-electron chi connectivity index (χ4n) is 3.43. The molecule has 7 heteroatoms. The molecular formula is C24H20N4O3. The number of aromatic amines is 1. The number of nitrogens with one attached hydrogen (secondary N) is 1. The average molecular weight is 412 g/mol. The van der Waals surface area contributed by atoms with Crippen molar-refractivity contribution in [1.82, 2.24) is 19.9 Å². The molecule has 0 saturated heterocycles. The predicted molar refractivity (Wildman–Crippen MR) is 118 cm³/mol. The van der Waals surface area contributed by atoms with Gasteiger partial charge < -0.3 is 19.2 Å². The molecule has 3 heterocycles. The Balaban J connectivity index is 1.41. The van der Waals surface area contributed by atoms with Gasteiger partial charge in [0.2, 0.25) is 5.88 Å². The highest BCUT2D eigenvalue weighted by molar-refractivity contribution is 5.87. The normalized spacial score (nSPS) is 11.0. The van der Waals surface area contributed by atoms with Crippen LogP contribution in [0.15, 0.2) is 73.4 Å². The van der Waals surface area contributed by atoms with Crippen molar-refractivity contribution in [2.45, 2.75) is 6.42 Å². The van der Waals surface area contributed by atoms with Crippen LogP contribution in [0, 0.1) is 0 Å². The predicted octanol–water partition coefficient (Wildman–Crippen LogP) is 4.93. The molecule has 0 amide bonds. The highest BCUT2D eigenvalue weighted by Gasteiger charge is 2.13. The summed E-state index contributed by atoms with van der Waals surface area (Å²) in [6.07, 6.45) is 7.70. The van der Waals surface area contributed by atoms with E-state index in [2.05, 4.69) is 19.9 Å². The largest absolute Gasteiger partial charge is 0.493 e. The molecule has 154 valence electrons. The van der Waals surface area contributed by atoms with Gasteiger partial charge in [-0.3, -0.25) is 4.98 Å². The van der Waals surface area contributed by atoms with Crippen LogP contribution in [0.5, 0.6) is 23.1 Å². The molecule has 0 radical (unpaired) electrons. The number of nitrogens with zero attached hydrogens (tertiary/aromatic N) is 3. The van der Waals surface area contributed by atoms with Crippen LogP contribution in [0.2, 0.25) is 0 Å². The fraction of sp³-hybridized carbons (Fsp3) is 0.125. The maximum absolute atomic E-state index is 6.08. The molecule has 5 rings (SSSR count). The fourth-order valence-corrected chi connectivity index (χ4v) is 3.43. The standard InChI is InChI=1S/C24H20N4O3/c1-29-22-13-19-21(14-23(22)30-11-7-16-4-8-25-9-5-16)27-15-28-24(19)31-18-2-3-20-17(12-18)6-10-26-20/h2-6,8-10,12-15,26H,7,11H2,1H3. The van der Waals surface area contributed by atoms with Gasteiger partial charge >= 0.3 is 0 Å². The van der Waals surface area contributed by atoms with Gasteiger partial charge in [-0.1, -0.05) is 0 Å². The van der Waals surface area contributed by atoms with Gasteiger partial charge in [0.15, 0.2) is 11.5 Å². The Morgan fingerprint density at radius 2 is 1.84 bits per heavy atom. The first-order chi connectivity index (χ1) is 15.3. The van der Waals surface area contributed by atoms with Crippen molar-refractivity contribution < 1.29 is 14.2 Å². The van der Waals surface area contributed by atoms with Crippen LogP contribution in [0.3, 0.4) is 0 Å². The van der Waals surface area contributed by atoms with Crippen molar-refractivity contribution in [3.63, 3.8) is 0 Å². The lowest BCUT2D eigenvalue weighted by Crippen LogP contribution is -2.03. The van der Waals surface area contributed by atoms with Gasteiger partial charge in [0.1, 0.15) is 12.1 Å². The molecule has 7 nitrogen and oxygen atoms in total. The summed E-state index contributed by atoms with van der Waals surface area (Å²) in [5.41, 5.74) is 2.93. The van der Waals surface area contributed by atoms with Crippen molar-refractivity contribution in [1.29, 1.82) is 0 Å². The second-order valence-electron chi connectivity index (χ2n) is 6.98.